The molecule has 1 aromatic heterocycles. The average Bonchev–Trinajstić information content (AvgIpc) is 2.74. The molecule has 2 aliphatic heterocycles. The van der Waals surface area contributed by atoms with Crippen molar-refractivity contribution >= 4 is 15.9 Å². The number of hydrogen-bond donors (Lipinski definition) is 0. The van der Waals surface area contributed by atoms with Crippen molar-refractivity contribution in [3.63, 3.8) is 0 Å². The number of amides is 1. The molecule has 2 saturated heterocycles. The first-order valence-electron chi connectivity index (χ1n) is 8.94. The number of hydrogen-bond acceptors (Lipinski definition) is 5. The van der Waals surface area contributed by atoms with Gasteiger partial charge in [0.1, 0.15) is 5.69 Å². The first-order valence-corrected chi connectivity index (χ1v) is 10.4. The minimum Gasteiger partial charge on any atom is -0.337 e. The average molecular weight is 366 g/mol. The summed E-state index contributed by atoms with van der Waals surface area (Å²) in [6, 6.07) is 0. The Morgan fingerprint density at radius 1 is 1.28 bits per heavy atom. The first-order chi connectivity index (χ1) is 11.9. The summed E-state index contributed by atoms with van der Waals surface area (Å²) in [5, 5.41) is -0.362. The van der Waals surface area contributed by atoms with E-state index < -0.39 is 10.0 Å². The van der Waals surface area contributed by atoms with Crippen molar-refractivity contribution in [2.45, 2.75) is 38.4 Å². The van der Waals surface area contributed by atoms with Gasteiger partial charge in [-0.05, 0) is 31.1 Å². The van der Waals surface area contributed by atoms with Crippen LogP contribution in [-0.4, -0.2) is 64.9 Å². The maximum Gasteiger partial charge on any atom is 0.274 e. The molecule has 0 unspecified atom stereocenters. The van der Waals surface area contributed by atoms with Gasteiger partial charge in [0.05, 0.1) is 11.4 Å². The van der Waals surface area contributed by atoms with Crippen molar-refractivity contribution in [2.75, 3.05) is 26.2 Å². The summed E-state index contributed by atoms with van der Waals surface area (Å²) in [7, 11) is -3.25. The molecule has 3 rings (SSSR count). The van der Waals surface area contributed by atoms with E-state index in [2.05, 4.69) is 23.8 Å². The summed E-state index contributed by atoms with van der Waals surface area (Å²) >= 11 is 0. The highest BCUT2D eigenvalue weighted by atomic mass is 32.2. The molecule has 138 valence electrons. The van der Waals surface area contributed by atoms with Crippen LogP contribution in [0.4, 0.5) is 0 Å². The fraction of sp³-hybridized carbons (Fsp3) is 0.706. The van der Waals surface area contributed by atoms with E-state index in [-0.39, 0.29) is 17.1 Å². The SMILES string of the molecule is CC(C)CCN1C[C@H]2CCN(C(=O)c3cnccn3)CC[C@H]2S1(=O)=O. The monoisotopic (exact) mass is 366 g/mol. The number of sulfonamides is 1. The van der Waals surface area contributed by atoms with Gasteiger partial charge in [-0.1, -0.05) is 13.8 Å². The van der Waals surface area contributed by atoms with Gasteiger partial charge in [-0.3, -0.25) is 9.78 Å². The van der Waals surface area contributed by atoms with E-state index in [0.29, 0.717) is 50.6 Å². The summed E-state index contributed by atoms with van der Waals surface area (Å²) in [6.07, 6.45) is 6.58. The molecule has 25 heavy (non-hydrogen) atoms. The van der Waals surface area contributed by atoms with Crippen molar-refractivity contribution < 1.29 is 13.2 Å². The molecule has 2 aliphatic rings. The van der Waals surface area contributed by atoms with Gasteiger partial charge >= 0.3 is 0 Å². The lowest BCUT2D eigenvalue weighted by molar-refractivity contribution is 0.0752. The Kier molecular flexibility index (Phi) is 5.38. The van der Waals surface area contributed by atoms with E-state index in [4.69, 9.17) is 0 Å². The Bertz CT molecular complexity index is 708. The number of rotatable bonds is 4. The number of fused-ring (bicyclic) bond motifs is 1. The van der Waals surface area contributed by atoms with Crippen LogP contribution < -0.4 is 0 Å². The van der Waals surface area contributed by atoms with Crippen LogP contribution in [0.2, 0.25) is 0 Å². The molecule has 2 fully saturated rings. The second kappa shape index (κ2) is 7.37. The normalized spacial score (nSPS) is 26.4. The van der Waals surface area contributed by atoms with Gasteiger partial charge < -0.3 is 4.90 Å². The minimum absolute atomic E-state index is 0.108. The predicted octanol–water partition coefficient (Wildman–Crippen LogP) is 1.39. The lowest BCUT2D eigenvalue weighted by Crippen LogP contribution is -2.35. The number of carbonyl (C=O) groups is 1. The van der Waals surface area contributed by atoms with Gasteiger partial charge in [-0.2, -0.15) is 0 Å². The molecule has 2 atom stereocenters. The van der Waals surface area contributed by atoms with Crippen LogP contribution in [0.3, 0.4) is 0 Å². The highest BCUT2D eigenvalue weighted by molar-refractivity contribution is 7.90. The first kappa shape index (κ1) is 18.3. The molecule has 3 heterocycles. The molecular weight excluding hydrogens is 340 g/mol. The van der Waals surface area contributed by atoms with Crippen molar-refractivity contribution in [3.05, 3.63) is 24.3 Å². The third-order valence-corrected chi connectivity index (χ3v) is 7.62. The van der Waals surface area contributed by atoms with E-state index in [1.807, 2.05) is 0 Å². The molecule has 0 aliphatic carbocycles. The van der Waals surface area contributed by atoms with Crippen molar-refractivity contribution in [1.82, 2.24) is 19.2 Å². The zero-order valence-corrected chi connectivity index (χ0v) is 15.7. The van der Waals surface area contributed by atoms with E-state index in [1.165, 1.54) is 18.6 Å². The van der Waals surface area contributed by atoms with Gasteiger partial charge in [0.25, 0.3) is 5.91 Å². The van der Waals surface area contributed by atoms with Gasteiger partial charge in [-0.25, -0.2) is 17.7 Å². The molecule has 1 amide bonds. The summed E-state index contributed by atoms with van der Waals surface area (Å²) < 4.78 is 27.3. The number of likely N-dealkylation sites (tertiary alicyclic amines) is 1. The van der Waals surface area contributed by atoms with Gasteiger partial charge in [0, 0.05) is 38.6 Å². The summed E-state index contributed by atoms with van der Waals surface area (Å²) in [5.74, 6) is 0.430. The van der Waals surface area contributed by atoms with Gasteiger partial charge in [0.2, 0.25) is 10.0 Å². The van der Waals surface area contributed by atoms with Gasteiger partial charge in [-0.15, -0.1) is 0 Å². The smallest absolute Gasteiger partial charge is 0.274 e. The predicted molar refractivity (Wildman–Crippen MR) is 94.4 cm³/mol. The number of carbonyl (C=O) groups excluding carboxylic acids is 1. The summed E-state index contributed by atoms with van der Waals surface area (Å²) in [6.45, 7) is 6.44. The van der Waals surface area contributed by atoms with Crippen LogP contribution in [0.15, 0.2) is 18.6 Å². The lowest BCUT2D eigenvalue weighted by atomic mass is 10.0. The van der Waals surface area contributed by atoms with E-state index in [1.54, 1.807) is 9.21 Å². The standard InChI is InChI=1S/C17H26N4O3S/c1-13(2)3-10-21-12-14-4-8-20(9-5-16(14)25(21,23)24)17(22)15-11-18-6-7-19-15/h6-7,11,13-14,16H,3-5,8-10,12H2,1-2H3/t14-,16-/m1/s1. The Morgan fingerprint density at radius 3 is 2.72 bits per heavy atom. The zero-order chi connectivity index (χ0) is 18.0. The molecule has 0 bridgehead atoms. The molecular formula is C17H26N4O3S. The van der Waals surface area contributed by atoms with Crippen LogP contribution in [0.25, 0.3) is 0 Å². The lowest BCUT2D eigenvalue weighted by Gasteiger charge is -2.22. The quantitative estimate of drug-likeness (QED) is 0.804. The second-order valence-corrected chi connectivity index (χ2v) is 9.50. The Hall–Kier alpha value is -1.54. The topological polar surface area (TPSA) is 83.5 Å². The third kappa shape index (κ3) is 3.84. The van der Waals surface area contributed by atoms with E-state index >= 15 is 0 Å². The molecule has 0 radical (unpaired) electrons. The Labute approximate surface area is 149 Å². The Balaban J connectivity index is 1.67. The van der Waals surface area contributed by atoms with Crippen LogP contribution in [0.1, 0.15) is 43.6 Å². The van der Waals surface area contributed by atoms with Crippen LogP contribution in [0.5, 0.6) is 0 Å². The molecule has 1 aromatic rings. The summed E-state index contributed by atoms with van der Waals surface area (Å²) in [4.78, 5) is 22.3. The van der Waals surface area contributed by atoms with Gasteiger partial charge in [0.15, 0.2) is 0 Å². The second-order valence-electron chi connectivity index (χ2n) is 7.34. The highest BCUT2D eigenvalue weighted by Gasteiger charge is 2.47. The molecule has 0 spiro atoms. The van der Waals surface area contributed by atoms with Crippen LogP contribution in [0, 0.1) is 11.8 Å². The largest absolute Gasteiger partial charge is 0.337 e. The minimum atomic E-state index is -3.25. The molecule has 0 aromatic carbocycles. The van der Waals surface area contributed by atoms with E-state index in [9.17, 15) is 13.2 Å². The molecule has 0 N–H and O–H groups in total. The maximum absolute atomic E-state index is 12.8. The zero-order valence-electron chi connectivity index (χ0n) is 14.8. The van der Waals surface area contributed by atoms with Crippen molar-refractivity contribution in [2.24, 2.45) is 11.8 Å². The summed E-state index contributed by atoms with van der Waals surface area (Å²) in [5.41, 5.74) is 0.316. The van der Waals surface area contributed by atoms with Crippen molar-refractivity contribution in [1.29, 1.82) is 0 Å². The Morgan fingerprint density at radius 2 is 2.04 bits per heavy atom. The molecule has 7 nitrogen and oxygen atoms in total. The molecule has 8 heteroatoms. The fourth-order valence-corrected chi connectivity index (χ4v) is 5.95. The van der Waals surface area contributed by atoms with Crippen LogP contribution in [-0.2, 0) is 10.0 Å². The molecule has 0 saturated carbocycles. The highest BCUT2D eigenvalue weighted by Crippen LogP contribution is 2.34. The third-order valence-electron chi connectivity index (χ3n) is 5.19. The van der Waals surface area contributed by atoms with E-state index in [0.717, 1.165) is 6.42 Å². The van der Waals surface area contributed by atoms with Crippen molar-refractivity contribution in [3.8, 4) is 0 Å². The van der Waals surface area contributed by atoms with Crippen LogP contribution >= 0.6 is 0 Å². The maximum atomic E-state index is 12.8. The number of aromatic nitrogens is 2. The number of nitrogens with zero attached hydrogens (tertiary/aromatic N) is 4. The fourth-order valence-electron chi connectivity index (χ4n) is 3.69.